The van der Waals surface area contributed by atoms with Crippen LogP contribution in [0.3, 0.4) is 0 Å². The molecule has 17 heavy (non-hydrogen) atoms. The molecule has 1 aromatic carbocycles. The van der Waals surface area contributed by atoms with Crippen molar-refractivity contribution in [3.63, 3.8) is 0 Å². The first kappa shape index (κ1) is 13.3. The number of non-ortho nitro benzene ring substituents is 1. The Balaban J connectivity index is 3.55. The number of nitrogens with zero attached hydrogens (tertiary/aromatic N) is 2. The van der Waals surface area contributed by atoms with Gasteiger partial charge in [-0.1, -0.05) is 0 Å². The molecule has 0 saturated heterocycles. The van der Waals surface area contributed by atoms with E-state index in [0.29, 0.717) is 3.57 Å². The Hall–Kier alpha value is -1.80. The highest BCUT2D eigenvalue weighted by molar-refractivity contribution is 14.1. The van der Waals surface area contributed by atoms with E-state index in [0.717, 1.165) is 13.2 Å². The molecule has 0 bridgehead atoms. The molecule has 88 valence electrons. The van der Waals surface area contributed by atoms with Crippen molar-refractivity contribution in [2.24, 2.45) is 4.99 Å². The number of halogens is 1. The van der Waals surface area contributed by atoms with Gasteiger partial charge in [-0.15, -0.1) is 0 Å². The minimum atomic E-state index is -0.805. The van der Waals surface area contributed by atoms with Gasteiger partial charge in [0.15, 0.2) is 0 Å². The Labute approximate surface area is 109 Å². The van der Waals surface area contributed by atoms with E-state index in [9.17, 15) is 19.7 Å². The highest BCUT2D eigenvalue weighted by Gasteiger charge is 2.20. The Morgan fingerprint density at radius 3 is 2.71 bits per heavy atom. The molecule has 0 aromatic heterocycles. The molecule has 0 radical (unpaired) electrons. The highest BCUT2D eigenvalue weighted by atomic mass is 127. The SMILES string of the molecule is COC(=O)c1cc([N+](=O)[O-])cc(I)c1N=C=O. The van der Waals surface area contributed by atoms with Gasteiger partial charge in [0.1, 0.15) is 5.69 Å². The van der Waals surface area contributed by atoms with E-state index in [1.165, 1.54) is 12.1 Å². The van der Waals surface area contributed by atoms with Crippen LogP contribution in [0.1, 0.15) is 10.4 Å². The first-order valence-electron chi connectivity index (χ1n) is 4.15. The summed E-state index contributed by atoms with van der Waals surface area (Å²) < 4.78 is 4.75. The minimum Gasteiger partial charge on any atom is -0.465 e. The zero-order valence-corrected chi connectivity index (χ0v) is 10.6. The Kier molecular flexibility index (Phi) is 4.30. The number of hydrogen-bond donors (Lipinski definition) is 0. The second-order valence-electron chi connectivity index (χ2n) is 2.78. The van der Waals surface area contributed by atoms with Crippen molar-refractivity contribution >= 4 is 46.0 Å². The molecule has 0 spiro atoms. The third-order valence-electron chi connectivity index (χ3n) is 1.82. The quantitative estimate of drug-likeness (QED) is 0.208. The molecule has 0 aliphatic carbocycles. The number of isocyanates is 1. The lowest BCUT2D eigenvalue weighted by Gasteiger charge is -2.04. The molecule has 0 heterocycles. The second-order valence-corrected chi connectivity index (χ2v) is 3.94. The highest BCUT2D eigenvalue weighted by Crippen LogP contribution is 2.31. The predicted octanol–water partition coefficient (Wildman–Crippen LogP) is 1.95. The van der Waals surface area contributed by atoms with Gasteiger partial charge in [-0.2, -0.15) is 4.99 Å². The van der Waals surface area contributed by atoms with Gasteiger partial charge in [-0.3, -0.25) is 10.1 Å². The first-order valence-corrected chi connectivity index (χ1v) is 5.23. The number of rotatable bonds is 3. The summed E-state index contributed by atoms with van der Waals surface area (Å²) in [6.45, 7) is 0. The van der Waals surface area contributed by atoms with Gasteiger partial charge in [0.2, 0.25) is 6.08 Å². The first-order chi connectivity index (χ1) is 8.01. The average molecular weight is 348 g/mol. The summed E-state index contributed by atoms with van der Waals surface area (Å²) in [5, 5.41) is 10.6. The number of hydrogen-bond acceptors (Lipinski definition) is 6. The van der Waals surface area contributed by atoms with Crippen LogP contribution in [0.15, 0.2) is 17.1 Å². The van der Waals surface area contributed by atoms with Crippen molar-refractivity contribution in [3.05, 3.63) is 31.4 Å². The third-order valence-corrected chi connectivity index (χ3v) is 2.64. The van der Waals surface area contributed by atoms with Crippen LogP contribution < -0.4 is 0 Å². The summed E-state index contributed by atoms with van der Waals surface area (Å²) in [5.41, 5.74) is -0.410. The van der Waals surface area contributed by atoms with E-state index in [4.69, 9.17) is 0 Å². The van der Waals surface area contributed by atoms with Crippen molar-refractivity contribution in [2.75, 3.05) is 7.11 Å². The van der Waals surface area contributed by atoms with Crippen molar-refractivity contribution < 1.29 is 19.2 Å². The van der Waals surface area contributed by atoms with Crippen LogP contribution >= 0.6 is 22.6 Å². The average Bonchev–Trinajstić information content (AvgIpc) is 2.30. The molecular formula is C9H5IN2O5. The van der Waals surface area contributed by atoms with Gasteiger partial charge in [0.05, 0.1) is 17.6 Å². The number of ether oxygens (including phenoxy) is 1. The van der Waals surface area contributed by atoms with Crippen LogP contribution in [0.5, 0.6) is 0 Å². The van der Waals surface area contributed by atoms with Gasteiger partial charge in [0.25, 0.3) is 5.69 Å². The fourth-order valence-electron chi connectivity index (χ4n) is 1.11. The summed E-state index contributed by atoms with van der Waals surface area (Å²) in [6, 6.07) is 2.20. The zero-order valence-electron chi connectivity index (χ0n) is 8.47. The molecule has 7 nitrogen and oxygen atoms in total. The molecule has 0 fully saturated rings. The van der Waals surface area contributed by atoms with Crippen LogP contribution in [-0.2, 0) is 9.53 Å². The number of nitro groups is 1. The van der Waals surface area contributed by atoms with Gasteiger partial charge in [-0.25, -0.2) is 9.59 Å². The number of esters is 1. The van der Waals surface area contributed by atoms with Gasteiger partial charge in [0, 0.05) is 15.7 Å². The summed E-state index contributed by atoms with van der Waals surface area (Å²) >= 11 is 1.73. The minimum absolute atomic E-state index is 0.0121. The van der Waals surface area contributed by atoms with E-state index < -0.39 is 10.9 Å². The molecule has 0 saturated carbocycles. The molecule has 8 heteroatoms. The van der Waals surface area contributed by atoms with E-state index in [1.54, 1.807) is 22.6 Å². The second kappa shape index (κ2) is 5.51. The maximum absolute atomic E-state index is 11.4. The normalized spacial score (nSPS) is 9.29. The van der Waals surface area contributed by atoms with E-state index >= 15 is 0 Å². The van der Waals surface area contributed by atoms with E-state index in [1.807, 2.05) is 0 Å². The Bertz CT molecular complexity index is 536. The molecule has 0 aliphatic rings. The van der Waals surface area contributed by atoms with E-state index in [2.05, 4.69) is 9.73 Å². The molecule has 0 aliphatic heterocycles. The van der Waals surface area contributed by atoms with Gasteiger partial charge in [-0.05, 0) is 22.6 Å². The lowest BCUT2D eigenvalue weighted by atomic mass is 10.1. The number of aliphatic imine (C=N–C) groups is 1. The van der Waals surface area contributed by atoms with E-state index in [-0.39, 0.29) is 16.9 Å². The molecule has 1 aromatic rings. The smallest absolute Gasteiger partial charge is 0.340 e. The molecule has 0 amide bonds. The number of methoxy groups -OCH3 is 1. The Morgan fingerprint density at radius 2 is 2.24 bits per heavy atom. The molecule has 0 N–H and O–H groups in total. The fourth-order valence-corrected chi connectivity index (χ4v) is 1.85. The monoisotopic (exact) mass is 348 g/mol. The number of benzene rings is 1. The van der Waals surface area contributed by atoms with Gasteiger partial charge >= 0.3 is 5.97 Å². The molecule has 0 atom stereocenters. The summed E-state index contributed by atoms with van der Waals surface area (Å²) in [6.07, 6.45) is 1.29. The maximum Gasteiger partial charge on any atom is 0.340 e. The van der Waals surface area contributed by atoms with Gasteiger partial charge < -0.3 is 4.74 Å². The third kappa shape index (κ3) is 2.86. The van der Waals surface area contributed by atoms with Crippen molar-refractivity contribution in [3.8, 4) is 0 Å². The Morgan fingerprint density at radius 1 is 1.59 bits per heavy atom. The molecular weight excluding hydrogens is 343 g/mol. The van der Waals surface area contributed by atoms with Crippen LogP contribution in [0.4, 0.5) is 11.4 Å². The zero-order chi connectivity index (χ0) is 13.0. The lowest BCUT2D eigenvalue weighted by molar-refractivity contribution is -0.385. The van der Waals surface area contributed by atoms with Crippen LogP contribution in [0.2, 0.25) is 0 Å². The van der Waals surface area contributed by atoms with Crippen molar-refractivity contribution in [2.45, 2.75) is 0 Å². The van der Waals surface area contributed by atoms with Crippen LogP contribution in [0.25, 0.3) is 0 Å². The number of carbonyl (C=O) groups excluding carboxylic acids is 2. The van der Waals surface area contributed by atoms with Crippen LogP contribution in [0, 0.1) is 13.7 Å². The maximum atomic E-state index is 11.4. The topological polar surface area (TPSA) is 98.9 Å². The standard InChI is InChI=1S/C9H5IN2O5/c1-17-9(14)6-2-5(12(15)16)3-7(10)8(6)11-4-13/h2-3H,1H3. The summed E-state index contributed by atoms with van der Waals surface area (Å²) in [4.78, 5) is 34.9. The number of nitro benzene ring substituents is 1. The fraction of sp³-hybridized carbons (Fsp3) is 0.111. The molecule has 1 rings (SSSR count). The predicted molar refractivity (Wildman–Crippen MR) is 64.9 cm³/mol. The summed E-state index contributed by atoms with van der Waals surface area (Å²) in [7, 11) is 1.13. The van der Waals surface area contributed by atoms with Crippen LogP contribution in [-0.4, -0.2) is 24.1 Å². The molecule has 0 unspecified atom stereocenters. The summed E-state index contributed by atoms with van der Waals surface area (Å²) in [5.74, 6) is -0.805. The lowest BCUT2D eigenvalue weighted by Crippen LogP contribution is -2.04. The largest absolute Gasteiger partial charge is 0.465 e. The van der Waals surface area contributed by atoms with Crippen molar-refractivity contribution in [1.29, 1.82) is 0 Å². The van der Waals surface area contributed by atoms with Crippen molar-refractivity contribution in [1.82, 2.24) is 0 Å². The number of carbonyl (C=O) groups is 1.